The van der Waals surface area contributed by atoms with Gasteiger partial charge in [0.25, 0.3) is 0 Å². The third kappa shape index (κ3) is 5.74. The molecule has 0 saturated carbocycles. The van der Waals surface area contributed by atoms with Crippen LogP contribution in [0.1, 0.15) is 32.4 Å². The highest BCUT2D eigenvalue weighted by atomic mass is 16.5. The number of hydrogen-bond acceptors (Lipinski definition) is 4. The number of benzene rings is 2. The summed E-state index contributed by atoms with van der Waals surface area (Å²) in [5.41, 5.74) is -0.205. The van der Waals surface area contributed by atoms with Crippen molar-refractivity contribution in [2.75, 3.05) is 20.3 Å². The second-order valence-electron chi connectivity index (χ2n) is 7.01. The fraction of sp³-hybridized carbons (Fsp3) is 0.364. The van der Waals surface area contributed by atoms with Gasteiger partial charge in [-0.2, -0.15) is 0 Å². The minimum Gasteiger partial charge on any atom is -0.497 e. The fourth-order valence-electron chi connectivity index (χ4n) is 2.53. The molecule has 2 amide bonds. The van der Waals surface area contributed by atoms with Gasteiger partial charge in [0.1, 0.15) is 23.5 Å². The minimum absolute atomic E-state index is 0.181. The molecular weight excluding hydrogens is 356 g/mol. The van der Waals surface area contributed by atoms with E-state index in [0.717, 1.165) is 11.3 Å². The van der Waals surface area contributed by atoms with Crippen molar-refractivity contribution >= 4 is 11.8 Å². The summed E-state index contributed by atoms with van der Waals surface area (Å²) < 4.78 is 10.7. The van der Waals surface area contributed by atoms with Gasteiger partial charge in [0.15, 0.2) is 0 Å². The van der Waals surface area contributed by atoms with Crippen LogP contribution in [0.25, 0.3) is 0 Å². The van der Waals surface area contributed by atoms with Gasteiger partial charge in [0, 0.05) is 0 Å². The van der Waals surface area contributed by atoms with Crippen LogP contribution < -0.4 is 20.1 Å². The van der Waals surface area contributed by atoms with E-state index < -0.39 is 5.41 Å². The highest BCUT2D eigenvalue weighted by molar-refractivity contribution is 6.04. The van der Waals surface area contributed by atoms with E-state index in [1.165, 1.54) is 0 Å². The fourth-order valence-corrected chi connectivity index (χ4v) is 2.53. The Kier molecular flexibility index (Phi) is 7.44. The van der Waals surface area contributed by atoms with E-state index in [1.807, 2.05) is 37.3 Å². The number of amides is 2. The number of rotatable bonds is 9. The first-order valence-electron chi connectivity index (χ1n) is 9.25. The summed E-state index contributed by atoms with van der Waals surface area (Å²) in [5, 5.41) is 5.66. The molecule has 0 heterocycles. The lowest BCUT2D eigenvalue weighted by molar-refractivity contribution is -0.141. The van der Waals surface area contributed by atoms with Crippen LogP contribution >= 0.6 is 0 Å². The quantitative estimate of drug-likeness (QED) is 0.515. The number of ether oxygens (including phenoxy) is 2. The maximum absolute atomic E-state index is 12.6. The van der Waals surface area contributed by atoms with Crippen LogP contribution in [0.15, 0.2) is 54.6 Å². The van der Waals surface area contributed by atoms with Gasteiger partial charge in [-0.3, -0.25) is 9.59 Å². The molecule has 0 fully saturated rings. The first kappa shape index (κ1) is 21.3. The molecule has 1 unspecified atom stereocenters. The maximum atomic E-state index is 12.6. The zero-order chi connectivity index (χ0) is 20.6. The minimum atomic E-state index is -1.19. The molecule has 2 aromatic rings. The Morgan fingerprint density at radius 1 is 0.964 bits per heavy atom. The lowest BCUT2D eigenvalue weighted by Crippen LogP contribution is -2.49. The van der Waals surface area contributed by atoms with Crippen LogP contribution in [-0.2, 0) is 9.59 Å². The molecule has 6 nitrogen and oxygen atoms in total. The molecule has 28 heavy (non-hydrogen) atoms. The number of methoxy groups -OCH3 is 1. The smallest absolute Gasteiger partial charge is 0.235 e. The summed E-state index contributed by atoms with van der Waals surface area (Å²) >= 11 is 0. The van der Waals surface area contributed by atoms with Crippen LogP contribution in [-0.4, -0.2) is 32.1 Å². The Morgan fingerprint density at radius 3 is 2.18 bits per heavy atom. The molecule has 0 aliphatic heterocycles. The normalized spacial score (nSPS) is 12.0. The molecular formula is C22H28N2O4. The van der Waals surface area contributed by atoms with E-state index in [1.54, 1.807) is 45.2 Å². The van der Waals surface area contributed by atoms with E-state index in [-0.39, 0.29) is 17.9 Å². The molecule has 0 radical (unpaired) electrons. The van der Waals surface area contributed by atoms with Gasteiger partial charge in [-0.15, -0.1) is 0 Å². The Labute approximate surface area is 166 Å². The van der Waals surface area contributed by atoms with E-state index in [2.05, 4.69) is 10.6 Å². The molecule has 0 aromatic heterocycles. The van der Waals surface area contributed by atoms with Crippen molar-refractivity contribution in [1.29, 1.82) is 0 Å². The Morgan fingerprint density at radius 2 is 1.57 bits per heavy atom. The topological polar surface area (TPSA) is 76.7 Å². The highest BCUT2D eigenvalue weighted by Crippen LogP contribution is 2.19. The van der Waals surface area contributed by atoms with E-state index in [0.29, 0.717) is 18.9 Å². The van der Waals surface area contributed by atoms with Crippen LogP contribution in [0.4, 0.5) is 0 Å². The van der Waals surface area contributed by atoms with Crippen molar-refractivity contribution in [2.24, 2.45) is 5.41 Å². The van der Waals surface area contributed by atoms with Crippen molar-refractivity contribution in [3.63, 3.8) is 0 Å². The third-order valence-corrected chi connectivity index (χ3v) is 4.50. The van der Waals surface area contributed by atoms with Crippen molar-refractivity contribution < 1.29 is 19.1 Å². The van der Waals surface area contributed by atoms with Crippen molar-refractivity contribution in [1.82, 2.24) is 10.6 Å². The standard InChI is InChI=1S/C22H28N2O4/c1-16(17-8-6-5-7-9-17)24-21(26)22(2,3)20(25)23-14-15-28-19-12-10-18(27-4)11-13-19/h5-13,16H,14-15H2,1-4H3,(H,23,25)(H,24,26). The first-order chi connectivity index (χ1) is 13.3. The molecule has 1 atom stereocenters. The van der Waals surface area contributed by atoms with Gasteiger partial charge < -0.3 is 20.1 Å². The second-order valence-corrected chi connectivity index (χ2v) is 7.01. The summed E-state index contributed by atoms with van der Waals surface area (Å²) in [6.45, 7) is 5.72. The number of hydrogen-bond donors (Lipinski definition) is 2. The van der Waals surface area contributed by atoms with Crippen LogP contribution in [0, 0.1) is 5.41 Å². The van der Waals surface area contributed by atoms with Gasteiger partial charge in [0.05, 0.1) is 19.7 Å². The largest absolute Gasteiger partial charge is 0.497 e. The Hall–Kier alpha value is -3.02. The van der Waals surface area contributed by atoms with E-state index in [4.69, 9.17) is 9.47 Å². The monoisotopic (exact) mass is 384 g/mol. The average molecular weight is 384 g/mol. The first-order valence-corrected chi connectivity index (χ1v) is 9.25. The molecule has 6 heteroatoms. The molecule has 2 rings (SSSR count). The van der Waals surface area contributed by atoms with Crippen molar-refractivity contribution in [3.8, 4) is 11.5 Å². The highest BCUT2D eigenvalue weighted by Gasteiger charge is 2.36. The predicted octanol–water partition coefficient (Wildman–Crippen LogP) is 3.09. The Bertz CT molecular complexity index is 773. The van der Waals surface area contributed by atoms with Crippen LogP contribution in [0.3, 0.4) is 0 Å². The summed E-state index contributed by atoms with van der Waals surface area (Å²) in [4.78, 5) is 25.1. The molecule has 0 spiro atoms. The van der Waals surface area contributed by atoms with Crippen molar-refractivity contribution in [3.05, 3.63) is 60.2 Å². The van der Waals surface area contributed by atoms with E-state index in [9.17, 15) is 9.59 Å². The molecule has 0 bridgehead atoms. The lowest BCUT2D eigenvalue weighted by Gasteiger charge is -2.25. The molecule has 150 valence electrons. The molecule has 0 aliphatic carbocycles. The van der Waals surface area contributed by atoms with E-state index >= 15 is 0 Å². The van der Waals surface area contributed by atoms with Gasteiger partial charge >= 0.3 is 0 Å². The zero-order valence-electron chi connectivity index (χ0n) is 16.8. The molecule has 2 N–H and O–H groups in total. The van der Waals surface area contributed by atoms with Crippen molar-refractivity contribution in [2.45, 2.75) is 26.8 Å². The SMILES string of the molecule is COc1ccc(OCCNC(=O)C(C)(C)C(=O)NC(C)c2ccccc2)cc1. The molecule has 0 saturated heterocycles. The van der Waals surface area contributed by atoms with Gasteiger partial charge in [-0.05, 0) is 50.6 Å². The number of nitrogens with one attached hydrogen (secondary N) is 2. The van der Waals surface area contributed by atoms with Gasteiger partial charge in [0.2, 0.25) is 11.8 Å². The number of carbonyl (C=O) groups excluding carboxylic acids is 2. The molecule has 0 aliphatic rings. The third-order valence-electron chi connectivity index (χ3n) is 4.50. The van der Waals surface area contributed by atoms with Gasteiger partial charge in [-0.1, -0.05) is 30.3 Å². The zero-order valence-corrected chi connectivity index (χ0v) is 16.8. The second kappa shape index (κ2) is 9.78. The Balaban J connectivity index is 1.79. The summed E-state index contributed by atoms with van der Waals surface area (Å²) in [7, 11) is 1.60. The summed E-state index contributed by atoms with van der Waals surface area (Å²) in [6.07, 6.45) is 0. The van der Waals surface area contributed by atoms with Crippen LogP contribution in [0.2, 0.25) is 0 Å². The lowest BCUT2D eigenvalue weighted by atomic mass is 9.90. The van der Waals surface area contributed by atoms with Gasteiger partial charge in [-0.25, -0.2) is 0 Å². The molecule has 2 aromatic carbocycles. The van der Waals surface area contributed by atoms with Crippen LogP contribution in [0.5, 0.6) is 11.5 Å². The summed E-state index contributed by atoms with van der Waals surface area (Å²) in [5.74, 6) is 0.767. The predicted molar refractivity (Wildman–Crippen MR) is 108 cm³/mol. The summed E-state index contributed by atoms with van der Waals surface area (Å²) in [6, 6.07) is 16.6. The average Bonchev–Trinajstić information content (AvgIpc) is 2.71. The maximum Gasteiger partial charge on any atom is 0.235 e. The number of carbonyl (C=O) groups is 2.